The molecule has 2 aliphatic rings. The van der Waals surface area contributed by atoms with Crippen LogP contribution in [0.3, 0.4) is 0 Å². The molecule has 8 nitrogen and oxygen atoms in total. The van der Waals surface area contributed by atoms with Gasteiger partial charge in [0.2, 0.25) is 0 Å². The highest BCUT2D eigenvalue weighted by Crippen LogP contribution is 2.30. The van der Waals surface area contributed by atoms with E-state index in [4.69, 9.17) is 9.73 Å². The normalized spacial score (nSPS) is 17.7. The Balaban J connectivity index is 1.35. The Morgan fingerprint density at radius 1 is 1.19 bits per heavy atom. The van der Waals surface area contributed by atoms with Crippen LogP contribution in [0.2, 0.25) is 0 Å². The highest BCUT2D eigenvalue weighted by Gasteiger charge is 2.13. The predicted octanol–water partition coefficient (Wildman–Crippen LogP) is 4.65. The van der Waals surface area contributed by atoms with Gasteiger partial charge in [-0.3, -0.25) is 5.10 Å². The first-order valence-corrected chi connectivity index (χ1v) is 13.5. The summed E-state index contributed by atoms with van der Waals surface area (Å²) in [4.78, 5) is 7.24. The molecule has 0 spiro atoms. The predicted molar refractivity (Wildman–Crippen MR) is 150 cm³/mol. The van der Waals surface area contributed by atoms with Gasteiger partial charge in [0.25, 0.3) is 0 Å². The molecule has 2 aromatic rings. The minimum absolute atomic E-state index is 0.697. The zero-order valence-electron chi connectivity index (χ0n) is 22.2. The van der Waals surface area contributed by atoms with Crippen molar-refractivity contribution < 1.29 is 4.74 Å². The molecular formula is C28H43N7O. The summed E-state index contributed by atoms with van der Waals surface area (Å²) in [6, 6.07) is 4.10. The van der Waals surface area contributed by atoms with Crippen molar-refractivity contribution in [2.45, 2.75) is 52.9 Å². The Hall–Kier alpha value is -2.84. The molecule has 196 valence electrons. The van der Waals surface area contributed by atoms with Gasteiger partial charge in [-0.15, -0.1) is 0 Å². The second-order valence-electron chi connectivity index (χ2n) is 10.2. The van der Waals surface area contributed by atoms with Gasteiger partial charge in [-0.1, -0.05) is 0 Å². The molecule has 1 aromatic carbocycles. The molecule has 36 heavy (non-hydrogen) atoms. The molecule has 8 heteroatoms. The number of rotatable bonds is 12. The number of anilines is 1. The summed E-state index contributed by atoms with van der Waals surface area (Å²) >= 11 is 0. The highest BCUT2D eigenvalue weighted by atomic mass is 16.5. The van der Waals surface area contributed by atoms with E-state index in [9.17, 15) is 0 Å². The average Bonchev–Trinajstić information content (AvgIpc) is 3.57. The van der Waals surface area contributed by atoms with Crippen LogP contribution in [0, 0.1) is 5.92 Å². The van der Waals surface area contributed by atoms with Crippen molar-refractivity contribution in [2.75, 3.05) is 51.2 Å². The van der Waals surface area contributed by atoms with Gasteiger partial charge in [0.1, 0.15) is 11.6 Å². The fourth-order valence-corrected chi connectivity index (χ4v) is 4.78. The first kappa shape index (κ1) is 26.2. The van der Waals surface area contributed by atoms with Crippen LogP contribution in [0.15, 0.2) is 46.5 Å². The number of nitrogens with one attached hydrogen (secondary N) is 4. The van der Waals surface area contributed by atoms with Gasteiger partial charge in [0.15, 0.2) is 0 Å². The second kappa shape index (κ2) is 13.5. The number of benzene rings is 1. The summed E-state index contributed by atoms with van der Waals surface area (Å²) in [5.41, 5.74) is 4.12. The molecule has 1 aromatic heterocycles. The molecule has 0 saturated carbocycles. The van der Waals surface area contributed by atoms with Crippen molar-refractivity contribution in [3.05, 3.63) is 41.5 Å². The summed E-state index contributed by atoms with van der Waals surface area (Å²) in [5.74, 6) is 2.42. The number of nitrogens with zero attached hydrogens (tertiary/aromatic N) is 3. The van der Waals surface area contributed by atoms with Crippen LogP contribution in [0.1, 0.15) is 52.9 Å². The first-order chi connectivity index (χ1) is 17.6. The maximum atomic E-state index is 6.21. The number of aromatic nitrogens is 2. The summed E-state index contributed by atoms with van der Waals surface area (Å²) in [6.07, 6.45) is 11.9. The van der Waals surface area contributed by atoms with E-state index >= 15 is 0 Å². The Morgan fingerprint density at radius 2 is 2.00 bits per heavy atom. The van der Waals surface area contributed by atoms with Gasteiger partial charge in [0, 0.05) is 36.8 Å². The molecule has 4 rings (SSSR count). The standard InChI is InChI=1S/C28H43N7O/c1-21(2)28(30-12-7-22(3)31-19-23-8-10-29-11-9-23)33-24-17-26-25(20-32-34-26)27(18-24)36-16-6-15-35-13-4-5-14-35/h7,12,17-18,20,23,29,31,33H,4-6,8-11,13-16,19H2,1-3H3,(H,32,34)/b22-7+,30-12-. The molecule has 0 unspecified atom stereocenters. The van der Waals surface area contributed by atoms with Crippen molar-refractivity contribution >= 4 is 22.8 Å². The number of allylic oxidation sites excluding steroid dienone is 3. The van der Waals surface area contributed by atoms with Crippen LogP contribution in [0.25, 0.3) is 10.9 Å². The lowest BCUT2D eigenvalue weighted by molar-refractivity contribution is 0.265. The van der Waals surface area contributed by atoms with E-state index in [0.717, 1.165) is 77.9 Å². The number of H-pyrrole nitrogens is 1. The summed E-state index contributed by atoms with van der Waals surface area (Å²) in [7, 11) is 0. The molecule has 0 bridgehead atoms. The van der Waals surface area contributed by atoms with Crippen LogP contribution in [0.4, 0.5) is 5.69 Å². The average molecular weight is 494 g/mol. The summed E-state index contributed by atoms with van der Waals surface area (Å²) < 4.78 is 6.21. The molecule has 0 amide bonds. The number of aromatic amines is 1. The van der Waals surface area contributed by atoms with Crippen LogP contribution < -0.4 is 20.7 Å². The van der Waals surface area contributed by atoms with E-state index in [1.807, 2.05) is 24.6 Å². The number of ether oxygens (including phenoxy) is 1. The van der Waals surface area contributed by atoms with E-state index < -0.39 is 0 Å². The van der Waals surface area contributed by atoms with E-state index in [-0.39, 0.29) is 0 Å². The van der Waals surface area contributed by atoms with Gasteiger partial charge < -0.3 is 25.6 Å². The summed E-state index contributed by atoms with van der Waals surface area (Å²) in [5, 5.41) is 18.8. The molecule has 4 N–H and O–H groups in total. The molecule has 0 aliphatic carbocycles. The minimum atomic E-state index is 0.697. The number of hydrogen-bond donors (Lipinski definition) is 4. The number of hydrogen-bond acceptors (Lipinski definition) is 7. The second-order valence-corrected chi connectivity index (χ2v) is 10.2. The monoisotopic (exact) mass is 493 g/mol. The van der Waals surface area contributed by atoms with E-state index in [0.29, 0.717) is 6.61 Å². The topological polar surface area (TPSA) is 89.6 Å². The molecule has 3 heterocycles. The Bertz CT molecular complexity index is 1060. The molecule has 2 saturated heterocycles. The fraction of sp³-hybridized carbons (Fsp3) is 0.571. The Morgan fingerprint density at radius 3 is 2.78 bits per heavy atom. The minimum Gasteiger partial charge on any atom is -0.493 e. The maximum absolute atomic E-state index is 6.21. The molecule has 0 radical (unpaired) electrons. The van der Waals surface area contributed by atoms with Gasteiger partial charge in [-0.25, -0.2) is 4.99 Å². The van der Waals surface area contributed by atoms with Crippen LogP contribution in [0.5, 0.6) is 5.75 Å². The van der Waals surface area contributed by atoms with Gasteiger partial charge >= 0.3 is 0 Å². The lowest BCUT2D eigenvalue weighted by atomic mass is 9.98. The zero-order chi connectivity index (χ0) is 25.2. The maximum Gasteiger partial charge on any atom is 0.132 e. The lowest BCUT2D eigenvalue weighted by Crippen LogP contribution is -2.33. The Labute approximate surface area is 215 Å². The third-order valence-electron chi connectivity index (χ3n) is 6.99. The number of piperidine rings is 1. The number of fused-ring (bicyclic) bond motifs is 1. The molecule has 2 aliphatic heterocycles. The van der Waals surface area contributed by atoms with Gasteiger partial charge in [-0.2, -0.15) is 5.10 Å². The van der Waals surface area contributed by atoms with Crippen LogP contribution in [-0.4, -0.2) is 67.2 Å². The quantitative estimate of drug-likeness (QED) is 0.254. The molecular weight excluding hydrogens is 450 g/mol. The lowest BCUT2D eigenvalue weighted by Gasteiger charge is -2.23. The SMILES string of the molecule is CC(C)=C(/N=C\C=C(/C)NCC1CCNCC1)Nc1cc(OCCCN2CCCC2)c2cn[nH]c2c1. The largest absolute Gasteiger partial charge is 0.493 e. The molecule has 0 atom stereocenters. The number of likely N-dealkylation sites (tertiary alicyclic amines) is 1. The van der Waals surface area contributed by atoms with Crippen molar-refractivity contribution in [3.8, 4) is 5.75 Å². The van der Waals surface area contributed by atoms with E-state index in [1.165, 1.54) is 38.8 Å². The van der Waals surface area contributed by atoms with Crippen molar-refractivity contribution in [1.82, 2.24) is 25.7 Å². The van der Waals surface area contributed by atoms with Crippen molar-refractivity contribution in [1.29, 1.82) is 0 Å². The van der Waals surface area contributed by atoms with E-state index in [1.54, 1.807) is 0 Å². The smallest absolute Gasteiger partial charge is 0.132 e. The van der Waals surface area contributed by atoms with Crippen molar-refractivity contribution in [3.63, 3.8) is 0 Å². The highest BCUT2D eigenvalue weighted by molar-refractivity contribution is 5.88. The third kappa shape index (κ3) is 7.83. The first-order valence-electron chi connectivity index (χ1n) is 13.5. The Kier molecular flexibility index (Phi) is 9.81. The fourth-order valence-electron chi connectivity index (χ4n) is 4.78. The molecule has 2 fully saturated rings. The van der Waals surface area contributed by atoms with Crippen LogP contribution in [-0.2, 0) is 0 Å². The van der Waals surface area contributed by atoms with Crippen molar-refractivity contribution in [2.24, 2.45) is 10.9 Å². The third-order valence-corrected chi connectivity index (χ3v) is 6.99. The van der Waals surface area contributed by atoms with Gasteiger partial charge in [0.05, 0.1) is 23.7 Å². The zero-order valence-corrected chi connectivity index (χ0v) is 22.2. The van der Waals surface area contributed by atoms with Crippen LogP contribution >= 0.6 is 0 Å². The number of aliphatic imine (C=N–C) groups is 1. The van der Waals surface area contributed by atoms with E-state index in [2.05, 4.69) is 57.9 Å². The summed E-state index contributed by atoms with van der Waals surface area (Å²) in [6.45, 7) is 13.8. The van der Waals surface area contributed by atoms with Gasteiger partial charge in [-0.05, 0) is 103 Å².